The minimum Gasteiger partial charge on any atom is -0.493 e. The normalized spacial score (nSPS) is 21.5. The van der Waals surface area contributed by atoms with Crippen LogP contribution in [0.1, 0.15) is 17.5 Å². The monoisotopic (exact) mass is 465 g/mol. The van der Waals surface area contributed by atoms with Crippen LogP contribution in [0.2, 0.25) is 0 Å². The van der Waals surface area contributed by atoms with Gasteiger partial charge in [0.05, 0.1) is 18.1 Å². The highest BCUT2D eigenvalue weighted by Gasteiger charge is 2.28. The van der Waals surface area contributed by atoms with E-state index in [9.17, 15) is 8.42 Å². The third kappa shape index (κ3) is 4.98. The Hall–Kier alpha value is -1.03. The molecule has 2 heterocycles. The molecule has 2 N–H and O–H groups in total. The lowest BCUT2D eigenvalue weighted by atomic mass is 10.1. The maximum Gasteiger partial charge on any atom is 0.191 e. The average Bonchev–Trinajstić information content (AvgIpc) is 3.11. The lowest BCUT2D eigenvalue weighted by molar-refractivity contribution is 0.357. The van der Waals surface area contributed by atoms with Gasteiger partial charge in [-0.3, -0.25) is 4.99 Å². The van der Waals surface area contributed by atoms with E-state index in [2.05, 4.69) is 27.8 Å². The first-order valence-corrected chi connectivity index (χ1v) is 9.80. The van der Waals surface area contributed by atoms with Crippen LogP contribution in [0.3, 0.4) is 0 Å². The summed E-state index contributed by atoms with van der Waals surface area (Å²) in [7, 11) is -1.18. The van der Waals surface area contributed by atoms with E-state index < -0.39 is 9.84 Å². The zero-order valence-corrected chi connectivity index (χ0v) is 16.9. The van der Waals surface area contributed by atoms with Crippen molar-refractivity contribution in [2.24, 2.45) is 4.99 Å². The summed E-state index contributed by atoms with van der Waals surface area (Å²) < 4.78 is 28.5. The second-order valence-electron chi connectivity index (χ2n) is 6.03. The molecule has 1 saturated heterocycles. The number of sulfone groups is 1. The number of hydrogen-bond donors (Lipinski definition) is 2. The zero-order chi connectivity index (χ0) is 16.3. The predicted molar refractivity (Wildman–Crippen MR) is 106 cm³/mol. The molecule has 0 amide bonds. The Morgan fingerprint density at radius 1 is 1.42 bits per heavy atom. The minimum atomic E-state index is -2.88. The highest BCUT2D eigenvalue weighted by Crippen LogP contribution is 2.25. The fourth-order valence-corrected chi connectivity index (χ4v) is 4.69. The predicted octanol–water partition coefficient (Wildman–Crippen LogP) is 1.13. The van der Waals surface area contributed by atoms with Gasteiger partial charge in [-0.2, -0.15) is 0 Å². The largest absolute Gasteiger partial charge is 0.493 e. The Balaban J connectivity index is 0.00000208. The molecule has 2 aliphatic heterocycles. The summed E-state index contributed by atoms with van der Waals surface area (Å²) in [6.07, 6.45) is 2.51. The van der Waals surface area contributed by atoms with Gasteiger partial charge in [0, 0.05) is 26.1 Å². The number of nitrogens with zero attached hydrogens (tertiary/aromatic N) is 1. The van der Waals surface area contributed by atoms with Gasteiger partial charge in [0.25, 0.3) is 0 Å². The van der Waals surface area contributed by atoms with Gasteiger partial charge in [-0.1, -0.05) is 12.1 Å². The Morgan fingerprint density at radius 2 is 2.25 bits per heavy atom. The first-order valence-electron chi connectivity index (χ1n) is 7.98. The van der Waals surface area contributed by atoms with Gasteiger partial charge in [-0.25, -0.2) is 8.42 Å². The van der Waals surface area contributed by atoms with Crippen LogP contribution in [0.4, 0.5) is 0 Å². The van der Waals surface area contributed by atoms with E-state index in [0.717, 1.165) is 31.7 Å². The van der Waals surface area contributed by atoms with Crippen molar-refractivity contribution in [1.29, 1.82) is 0 Å². The lowest BCUT2D eigenvalue weighted by Crippen LogP contribution is -2.44. The number of benzene rings is 1. The highest BCUT2D eigenvalue weighted by atomic mass is 127. The molecule has 8 heteroatoms. The lowest BCUT2D eigenvalue weighted by Gasteiger charge is -2.16. The van der Waals surface area contributed by atoms with Gasteiger partial charge in [0.15, 0.2) is 15.8 Å². The molecule has 0 saturated carbocycles. The maximum atomic E-state index is 11.5. The van der Waals surface area contributed by atoms with Crippen LogP contribution in [-0.4, -0.2) is 52.1 Å². The van der Waals surface area contributed by atoms with Crippen LogP contribution in [0, 0.1) is 0 Å². The molecule has 134 valence electrons. The summed E-state index contributed by atoms with van der Waals surface area (Å²) in [5, 5.41) is 6.44. The summed E-state index contributed by atoms with van der Waals surface area (Å²) in [5.41, 5.74) is 2.54. The van der Waals surface area contributed by atoms with Gasteiger partial charge >= 0.3 is 0 Å². The summed E-state index contributed by atoms with van der Waals surface area (Å²) in [5.74, 6) is 2.12. The highest BCUT2D eigenvalue weighted by molar-refractivity contribution is 14.0. The van der Waals surface area contributed by atoms with Crippen molar-refractivity contribution in [2.75, 3.05) is 31.7 Å². The standard InChI is InChI=1S/C16H23N3O3S.HI/c1-17-16(19-14-6-9-23(20,21)11-14)18-7-4-12-2-3-15-13(10-12)5-8-22-15;/h2-3,10,14H,4-9,11H2,1H3,(H2,17,18,19);1H. The second kappa shape index (κ2) is 8.37. The van der Waals surface area contributed by atoms with E-state index in [1.807, 2.05) is 6.07 Å². The number of fused-ring (bicyclic) bond motifs is 1. The second-order valence-corrected chi connectivity index (χ2v) is 8.26. The molecule has 1 unspecified atom stereocenters. The molecule has 2 aliphatic rings. The molecule has 0 radical (unpaired) electrons. The maximum absolute atomic E-state index is 11.5. The molecule has 0 spiro atoms. The number of guanidine groups is 1. The van der Waals surface area contributed by atoms with Crippen molar-refractivity contribution >= 4 is 39.8 Å². The minimum absolute atomic E-state index is 0. The Kier molecular flexibility index (Phi) is 6.73. The number of rotatable bonds is 4. The molecule has 0 aromatic heterocycles. The van der Waals surface area contributed by atoms with Gasteiger partial charge in [-0.15, -0.1) is 24.0 Å². The Morgan fingerprint density at radius 3 is 2.96 bits per heavy atom. The van der Waals surface area contributed by atoms with Crippen LogP contribution >= 0.6 is 24.0 Å². The molecule has 1 atom stereocenters. The number of halogens is 1. The Labute approximate surface area is 160 Å². The number of aliphatic imine (C=N–C) groups is 1. The van der Waals surface area contributed by atoms with Crippen molar-refractivity contribution in [3.63, 3.8) is 0 Å². The van der Waals surface area contributed by atoms with Crippen LogP contribution in [0.5, 0.6) is 5.75 Å². The molecular weight excluding hydrogens is 441 g/mol. The van der Waals surface area contributed by atoms with Crippen molar-refractivity contribution in [3.05, 3.63) is 29.3 Å². The topological polar surface area (TPSA) is 79.8 Å². The SMILES string of the molecule is CN=C(NCCc1ccc2c(c1)CCO2)NC1CCS(=O)(=O)C1.I. The molecular formula is C16H24IN3O3S. The smallest absolute Gasteiger partial charge is 0.191 e. The zero-order valence-electron chi connectivity index (χ0n) is 13.7. The quantitative estimate of drug-likeness (QED) is 0.396. The first kappa shape index (κ1) is 19.3. The molecule has 1 aromatic rings. The van der Waals surface area contributed by atoms with Gasteiger partial charge in [0.2, 0.25) is 0 Å². The fourth-order valence-electron chi connectivity index (χ4n) is 3.02. The van der Waals surface area contributed by atoms with E-state index in [4.69, 9.17) is 4.74 Å². The van der Waals surface area contributed by atoms with Crippen molar-refractivity contribution < 1.29 is 13.2 Å². The first-order chi connectivity index (χ1) is 11.1. The summed E-state index contributed by atoms with van der Waals surface area (Å²) in [6, 6.07) is 6.28. The van der Waals surface area contributed by atoms with Crippen molar-refractivity contribution in [3.8, 4) is 5.75 Å². The molecule has 1 fully saturated rings. The van der Waals surface area contributed by atoms with Gasteiger partial charge in [0.1, 0.15) is 5.75 Å². The average molecular weight is 465 g/mol. The number of nitrogens with one attached hydrogen (secondary N) is 2. The Bertz CT molecular complexity index is 707. The van der Waals surface area contributed by atoms with Crippen LogP contribution in [-0.2, 0) is 22.7 Å². The van der Waals surface area contributed by atoms with Gasteiger partial charge in [-0.05, 0) is 30.0 Å². The fraction of sp³-hybridized carbons (Fsp3) is 0.562. The van der Waals surface area contributed by atoms with E-state index in [1.54, 1.807) is 7.05 Å². The molecule has 24 heavy (non-hydrogen) atoms. The molecule has 6 nitrogen and oxygen atoms in total. The van der Waals surface area contributed by atoms with Crippen LogP contribution in [0.15, 0.2) is 23.2 Å². The van der Waals surface area contributed by atoms with E-state index in [1.165, 1.54) is 11.1 Å². The van der Waals surface area contributed by atoms with Crippen molar-refractivity contribution in [1.82, 2.24) is 10.6 Å². The summed E-state index contributed by atoms with van der Waals surface area (Å²) in [4.78, 5) is 4.17. The van der Waals surface area contributed by atoms with E-state index >= 15 is 0 Å². The third-order valence-corrected chi connectivity index (χ3v) is 6.02. The van der Waals surface area contributed by atoms with E-state index in [-0.39, 0.29) is 41.5 Å². The molecule has 1 aromatic carbocycles. The molecule has 0 aliphatic carbocycles. The van der Waals surface area contributed by atoms with Gasteiger partial charge < -0.3 is 15.4 Å². The number of hydrogen-bond acceptors (Lipinski definition) is 4. The third-order valence-electron chi connectivity index (χ3n) is 4.26. The van der Waals surface area contributed by atoms with Crippen LogP contribution < -0.4 is 15.4 Å². The van der Waals surface area contributed by atoms with Crippen LogP contribution in [0.25, 0.3) is 0 Å². The molecule has 0 bridgehead atoms. The molecule has 3 rings (SSSR count). The van der Waals surface area contributed by atoms with E-state index in [0.29, 0.717) is 12.4 Å². The van der Waals surface area contributed by atoms with Crippen molar-refractivity contribution in [2.45, 2.75) is 25.3 Å². The number of ether oxygens (including phenoxy) is 1. The summed E-state index contributed by atoms with van der Waals surface area (Å²) >= 11 is 0. The summed E-state index contributed by atoms with van der Waals surface area (Å²) in [6.45, 7) is 1.52.